The van der Waals surface area contributed by atoms with Crippen molar-refractivity contribution in [2.45, 2.75) is 26.2 Å². The second-order valence-electron chi connectivity index (χ2n) is 3.87. The average Bonchev–Trinajstić information content (AvgIpc) is 2.29. The first-order valence-corrected chi connectivity index (χ1v) is 5.07. The zero-order chi connectivity index (χ0) is 12.2. The molecule has 0 saturated heterocycles. The van der Waals surface area contributed by atoms with Crippen LogP contribution in [0, 0.1) is 11.3 Å². The van der Waals surface area contributed by atoms with Crippen molar-refractivity contribution >= 4 is 5.97 Å². The molecular formula is C12H14N2O2. The monoisotopic (exact) mass is 218 g/mol. The van der Waals surface area contributed by atoms with E-state index < -0.39 is 11.4 Å². The van der Waals surface area contributed by atoms with Crippen LogP contribution in [0.2, 0.25) is 0 Å². The Morgan fingerprint density at radius 1 is 1.56 bits per heavy atom. The summed E-state index contributed by atoms with van der Waals surface area (Å²) in [5.41, 5.74) is 0.103. The van der Waals surface area contributed by atoms with Gasteiger partial charge in [0, 0.05) is 0 Å². The highest BCUT2D eigenvalue weighted by Crippen LogP contribution is 2.20. The minimum absolute atomic E-state index is 0.239. The van der Waals surface area contributed by atoms with Gasteiger partial charge in [-0.05, 0) is 32.9 Å². The SMILES string of the molecule is CCOC(=O)c1cccc(C(C)(C)C#N)n1. The van der Waals surface area contributed by atoms with Gasteiger partial charge in [0.15, 0.2) is 0 Å². The second kappa shape index (κ2) is 4.75. The van der Waals surface area contributed by atoms with E-state index in [4.69, 9.17) is 10.00 Å². The summed E-state index contributed by atoms with van der Waals surface area (Å²) in [6.45, 7) is 5.56. The highest BCUT2D eigenvalue weighted by Gasteiger charge is 2.22. The van der Waals surface area contributed by atoms with Crippen molar-refractivity contribution in [2.24, 2.45) is 0 Å². The van der Waals surface area contributed by atoms with Crippen LogP contribution in [-0.2, 0) is 10.2 Å². The zero-order valence-electron chi connectivity index (χ0n) is 9.65. The third kappa shape index (κ3) is 2.57. The smallest absolute Gasteiger partial charge is 0.356 e. The molecule has 1 aromatic rings. The molecule has 0 saturated carbocycles. The predicted molar refractivity (Wildman–Crippen MR) is 58.8 cm³/mol. The molecule has 1 aromatic heterocycles. The van der Waals surface area contributed by atoms with Crippen molar-refractivity contribution < 1.29 is 9.53 Å². The number of ether oxygens (including phenoxy) is 1. The molecular weight excluding hydrogens is 204 g/mol. The minimum Gasteiger partial charge on any atom is -0.461 e. The van der Waals surface area contributed by atoms with Crippen molar-refractivity contribution in [1.29, 1.82) is 5.26 Å². The maximum atomic E-state index is 11.4. The van der Waals surface area contributed by atoms with Crippen molar-refractivity contribution in [3.05, 3.63) is 29.6 Å². The number of rotatable bonds is 3. The first-order chi connectivity index (χ1) is 7.51. The highest BCUT2D eigenvalue weighted by atomic mass is 16.5. The molecule has 84 valence electrons. The van der Waals surface area contributed by atoms with Crippen LogP contribution in [0.1, 0.15) is 37.0 Å². The molecule has 0 spiro atoms. The molecule has 0 N–H and O–H groups in total. The fraction of sp³-hybridized carbons (Fsp3) is 0.417. The molecule has 1 rings (SSSR count). The van der Waals surface area contributed by atoms with Crippen LogP contribution in [0.15, 0.2) is 18.2 Å². The molecule has 1 heterocycles. The van der Waals surface area contributed by atoms with Crippen LogP contribution in [-0.4, -0.2) is 17.6 Å². The molecule has 0 fully saturated rings. The molecule has 4 nitrogen and oxygen atoms in total. The summed E-state index contributed by atoms with van der Waals surface area (Å²) in [7, 11) is 0. The molecule has 0 aromatic carbocycles. The number of hydrogen-bond acceptors (Lipinski definition) is 4. The van der Waals surface area contributed by atoms with Crippen LogP contribution < -0.4 is 0 Å². The van der Waals surface area contributed by atoms with E-state index in [9.17, 15) is 4.79 Å². The Kier molecular flexibility index (Phi) is 3.62. The topological polar surface area (TPSA) is 63.0 Å². The van der Waals surface area contributed by atoms with Crippen molar-refractivity contribution in [1.82, 2.24) is 4.98 Å². The van der Waals surface area contributed by atoms with Gasteiger partial charge in [0.05, 0.1) is 23.8 Å². The number of nitrogens with zero attached hydrogens (tertiary/aromatic N) is 2. The Labute approximate surface area is 94.9 Å². The lowest BCUT2D eigenvalue weighted by Crippen LogP contribution is -2.18. The Balaban J connectivity index is 3.06. The quantitative estimate of drug-likeness (QED) is 0.728. The molecule has 0 unspecified atom stereocenters. The van der Waals surface area contributed by atoms with Crippen molar-refractivity contribution in [3.63, 3.8) is 0 Å². The summed E-state index contributed by atoms with van der Waals surface area (Å²) in [6.07, 6.45) is 0. The largest absolute Gasteiger partial charge is 0.461 e. The van der Waals surface area contributed by atoms with Crippen LogP contribution in [0.25, 0.3) is 0 Å². The number of aromatic nitrogens is 1. The Morgan fingerprint density at radius 2 is 2.25 bits per heavy atom. The van der Waals surface area contributed by atoms with Crippen LogP contribution in [0.5, 0.6) is 0 Å². The number of hydrogen-bond donors (Lipinski definition) is 0. The molecule has 0 atom stereocenters. The van der Waals surface area contributed by atoms with Gasteiger partial charge in [-0.2, -0.15) is 5.26 Å². The van der Waals surface area contributed by atoms with Crippen molar-refractivity contribution in [2.75, 3.05) is 6.61 Å². The summed E-state index contributed by atoms with van der Waals surface area (Å²) in [6, 6.07) is 7.15. The lowest BCUT2D eigenvalue weighted by atomic mass is 9.91. The molecule has 16 heavy (non-hydrogen) atoms. The second-order valence-corrected chi connectivity index (χ2v) is 3.87. The van der Waals surface area contributed by atoms with Gasteiger partial charge in [0.2, 0.25) is 0 Å². The summed E-state index contributed by atoms with van der Waals surface area (Å²) in [5.74, 6) is -0.460. The van der Waals surface area contributed by atoms with Crippen LogP contribution in [0.4, 0.5) is 0 Å². The Morgan fingerprint density at radius 3 is 2.81 bits per heavy atom. The number of carbonyl (C=O) groups is 1. The van der Waals surface area contributed by atoms with Gasteiger partial charge in [-0.1, -0.05) is 6.07 Å². The van der Waals surface area contributed by atoms with Crippen LogP contribution >= 0.6 is 0 Å². The van der Waals surface area contributed by atoms with Gasteiger partial charge in [0.1, 0.15) is 5.69 Å². The third-order valence-electron chi connectivity index (χ3n) is 2.15. The van der Waals surface area contributed by atoms with Crippen LogP contribution in [0.3, 0.4) is 0 Å². The van der Waals surface area contributed by atoms with Gasteiger partial charge in [-0.3, -0.25) is 0 Å². The molecule has 0 aliphatic rings. The summed E-state index contributed by atoms with van der Waals surface area (Å²) in [5, 5.41) is 8.97. The van der Waals surface area contributed by atoms with Gasteiger partial charge >= 0.3 is 5.97 Å². The summed E-state index contributed by atoms with van der Waals surface area (Å²) >= 11 is 0. The van der Waals surface area contributed by atoms with E-state index in [1.54, 1.807) is 39.0 Å². The maximum absolute atomic E-state index is 11.4. The minimum atomic E-state index is -0.706. The molecule has 0 aliphatic heterocycles. The van der Waals surface area contributed by atoms with E-state index in [1.807, 2.05) is 0 Å². The Bertz CT molecular complexity index is 433. The first kappa shape index (κ1) is 12.2. The first-order valence-electron chi connectivity index (χ1n) is 5.07. The summed E-state index contributed by atoms with van der Waals surface area (Å²) in [4.78, 5) is 15.6. The molecule has 0 radical (unpaired) electrons. The lowest BCUT2D eigenvalue weighted by Gasteiger charge is -2.14. The van der Waals surface area contributed by atoms with E-state index in [0.717, 1.165) is 0 Å². The predicted octanol–water partition coefficient (Wildman–Crippen LogP) is 2.06. The number of pyridine rings is 1. The van der Waals surface area contributed by atoms with E-state index in [0.29, 0.717) is 12.3 Å². The average molecular weight is 218 g/mol. The fourth-order valence-electron chi connectivity index (χ4n) is 1.16. The Hall–Kier alpha value is -1.89. The van der Waals surface area contributed by atoms with Gasteiger partial charge in [0.25, 0.3) is 0 Å². The molecule has 4 heteroatoms. The lowest BCUT2D eigenvalue weighted by molar-refractivity contribution is 0.0519. The molecule has 0 bridgehead atoms. The van der Waals surface area contributed by atoms with E-state index >= 15 is 0 Å². The number of nitriles is 1. The summed E-state index contributed by atoms with van der Waals surface area (Å²) < 4.78 is 4.84. The van der Waals surface area contributed by atoms with Gasteiger partial charge < -0.3 is 4.74 Å². The highest BCUT2D eigenvalue weighted by molar-refractivity contribution is 5.87. The molecule has 0 aliphatic carbocycles. The fourth-order valence-corrected chi connectivity index (χ4v) is 1.16. The van der Waals surface area contributed by atoms with E-state index in [1.165, 1.54) is 0 Å². The zero-order valence-corrected chi connectivity index (χ0v) is 9.65. The standard InChI is InChI=1S/C12H14N2O2/c1-4-16-11(15)9-6-5-7-10(14-9)12(2,3)8-13/h5-7H,4H2,1-3H3. The van der Waals surface area contributed by atoms with Gasteiger partial charge in [-0.15, -0.1) is 0 Å². The third-order valence-corrected chi connectivity index (χ3v) is 2.15. The maximum Gasteiger partial charge on any atom is 0.356 e. The van der Waals surface area contributed by atoms with E-state index in [2.05, 4.69) is 11.1 Å². The van der Waals surface area contributed by atoms with Crippen molar-refractivity contribution in [3.8, 4) is 6.07 Å². The van der Waals surface area contributed by atoms with Gasteiger partial charge in [-0.25, -0.2) is 9.78 Å². The number of esters is 1. The molecule has 0 amide bonds. The van der Waals surface area contributed by atoms with E-state index in [-0.39, 0.29) is 5.69 Å². The normalized spacial score (nSPS) is 10.6. The number of carbonyl (C=O) groups excluding carboxylic acids is 1.